The third-order valence-electron chi connectivity index (χ3n) is 4.55. The van der Waals surface area contributed by atoms with Gasteiger partial charge in [0.1, 0.15) is 11.6 Å². The first kappa shape index (κ1) is 20.2. The molecular weight excluding hydrogens is 326 g/mol. The Hall–Kier alpha value is -2.14. The maximum atomic E-state index is 13.6. The molecule has 0 saturated carbocycles. The van der Waals surface area contributed by atoms with Crippen molar-refractivity contribution in [2.24, 2.45) is 0 Å². The third-order valence-corrected chi connectivity index (χ3v) is 4.55. The van der Waals surface area contributed by atoms with E-state index in [0.29, 0.717) is 0 Å². The molecule has 26 heavy (non-hydrogen) atoms. The summed E-state index contributed by atoms with van der Waals surface area (Å²) in [4.78, 5) is 0. The summed E-state index contributed by atoms with van der Waals surface area (Å²) in [5.74, 6) is 4.50. The summed E-state index contributed by atoms with van der Waals surface area (Å²) in [6.07, 6.45) is 11.7. The summed E-state index contributed by atoms with van der Waals surface area (Å²) in [5, 5.41) is 0. The second kappa shape index (κ2) is 11.5. The average Bonchev–Trinajstić information content (AvgIpc) is 2.64. The molecule has 138 valence electrons. The lowest BCUT2D eigenvalue weighted by Crippen LogP contribution is -1.88. The fraction of sp³-hybridized carbons (Fsp3) is 0.417. The number of hydrogen-bond donors (Lipinski definition) is 0. The molecule has 0 aliphatic rings. The Morgan fingerprint density at radius 1 is 0.731 bits per heavy atom. The second-order valence-corrected chi connectivity index (χ2v) is 6.80. The molecule has 0 amide bonds. The van der Waals surface area contributed by atoms with Crippen molar-refractivity contribution >= 4 is 0 Å². The van der Waals surface area contributed by atoms with Crippen LogP contribution >= 0.6 is 0 Å². The number of aryl methyl sites for hydroxylation is 1. The molecule has 0 aliphatic carbocycles. The first-order valence-electron chi connectivity index (χ1n) is 9.75. The predicted molar refractivity (Wildman–Crippen MR) is 105 cm³/mol. The quantitative estimate of drug-likeness (QED) is 0.334. The normalized spacial score (nSPS) is 10.4. The van der Waals surface area contributed by atoms with Gasteiger partial charge in [0.2, 0.25) is 0 Å². The van der Waals surface area contributed by atoms with Crippen molar-refractivity contribution < 1.29 is 8.78 Å². The highest BCUT2D eigenvalue weighted by Crippen LogP contribution is 2.12. The van der Waals surface area contributed by atoms with Gasteiger partial charge in [0.15, 0.2) is 0 Å². The van der Waals surface area contributed by atoms with Crippen molar-refractivity contribution in [2.45, 2.75) is 64.7 Å². The molecular formula is C24H28F2. The first-order valence-corrected chi connectivity index (χ1v) is 9.75. The van der Waals surface area contributed by atoms with E-state index < -0.39 is 11.6 Å². The van der Waals surface area contributed by atoms with Crippen molar-refractivity contribution in [3.63, 3.8) is 0 Å². The zero-order valence-corrected chi connectivity index (χ0v) is 15.7. The number of unbranched alkanes of at least 4 members (excludes halogenated alkanes) is 7. The summed E-state index contributed by atoms with van der Waals surface area (Å²) in [5.41, 5.74) is 2.37. The standard InChI is InChI=1S/C24H28F2/c1-2-3-4-5-6-7-8-9-10-20-11-13-21(14-12-20)15-16-22-17-18-23(25)19-24(22)26/h11-14,17-19H,2-10H2,1H3. The van der Waals surface area contributed by atoms with Crippen LogP contribution in [0.1, 0.15) is 75.0 Å². The van der Waals surface area contributed by atoms with E-state index in [0.717, 1.165) is 18.1 Å². The Morgan fingerprint density at radius 2 is 1.38 bits per heavy atom. The van der Waals surface area contributed by atoms with Crippen molar-refractivity contribution in [2.75, 3.05) is 0 Å². The largest absolute Gasteiger partial charge is 0.207 e. The molecule has 0 aliphatic heterocycles. The Kier molecular flexibility index (Phi) is 8.90. The van der Waals surface area contributed by atoms with Gasteiger partial charge in [-0.05, 0) is 42.7 Å². The molecule has 0 radical (unpaired) electrons. The van der Waals surface area contributed by atoms with E-state index in [4.69, 9.17) is 0 Å². The molecule has 0 bridgehead atoms. The monoisotopic (exact) mass is 354 g/mol. The molecule has 0 spiro atoms. The van der Waals surface area contributed by atoms with Gasteiger partial charge >= 0.3 is 0 Å². The summed E-state index contributed by atoms with van der Waals surface area (Å²) in [7, 11) is 0. The van der Waals surface area contributed by atoms with Crippen LogP contribution in [0.25, 0.3) is 0 Å². The average molecular weight is 354 g/mol. The maximum absolute atomic E-state index is 13.6. The lowest BCUT2D eigenvalue weighted by molar-refractivity contribution is 0.575. The Balaban J connectivity index is 1.74. The van der Waals surface area contributed by atoms with Crippen LogP contribution in [0.2, 0.25) is 0 Å². The van der Waals surface area contributed by atoms with Crippen molar-refractivity contribution in [3.8, 4) is 11.8 Å². The van der Waals surface area contributed by atoms with Gasteiger partial charge in [-0.3, -0.25) is 0 Å². The zero-order chi connectivity index (χ0) is 18.6. The van der Waals surface area contributed by atoms with Crippen LogP contribution in [-0.4, -0.2) is 0 Å². The van der Waals surface area contributed by atoms with Crippen molar-refractivity contribution in [1.82, 2.24) is 0 Å². The van der Waals surface area contributed by atoms with Crippen LogP contribution in [0.4, 0.5) is 8.78 Å². The number of benzene rings is 2. The zero-order valence-electron chi connectivity index (χ0n) is 15.7. The summed E-state index contributed by atoms with van der Waals surface area (Å²) < 4.78 is 26.5. The molecule has 2 aromatic rings. The van der Waals surface area contributed by atoms with Crippen LogP contribution in [-0.2, 0) is 6.42 Å². The summed E-state index contributed by atoms with van der Waals surface area (Å²) in [6, 6.07) is 11.6. The molecule has 0 heterocycles. The number of halogens is 2. The van der Waals surface area contributed by atoms with Gasteiger partial charge in [0.25, 0.3) is 0 Å². The highest BCUT2D eigenvalue weighted by molar-refractivity contribution is 5.44. The fourth-order valence-corrected chi connectivity index (χ4v) is 2.95. The Bertz CT molecular complexity index is 720. The topological polar surface area (TPSA) is 0 Å². The highest BCUT2D eigenvalue weighted by Gasteiger charge is 2.00. The fourth-order valence-electron chi connectivity index (χ4n) is 2.95. The molecule has 0 unspecified atom stereocenters. The SMILES string of the molecule is CCCCCCCCCCc1ccc(C#Cc2ccc(F)cc2F)cc1. The molecule has 2 heteroatoms. The van der Waals surface area contributed by atoms with E-state index in [1.165, 1.54) is 69.1 Å². The highest BCUT2D eigenvalue weighted by atomic mass is 19.1. The van der Waals surface area contributed by atoms with Crippen LogP contribution in [0.5, 0.6) is 0 Å². The Morgan fingerprint density at radius 3 is 2.04 bits per heavy atom. The molecule has 0 aromatic heterocycles. The van der Waals surface area contributed by atoms with Crippen LogP contribution in [0.15, 0.2) is 42.5 Å². The third kappa shape index (κ3) is 7.40. The molecule has 2 rings (SSSR count). The number of rotatable bonds is 9. The Labute approximate surface area is 156 Å². The van der Waals surface area contributed by atoms with Crippen LogP contribution in [0, 0.1) is 23.5 Å². The van der Waals surface area contributed by atoms with Gasteiger partial charge in [-0.15, -0.1) is 0 Å². The van der Waals surface area contributed by atoms with Crippen LogP contribution < -0.4 is 0 Å². The van der Waals surface area contributed by atoms with Gasteiger partial charge in [0, 0.05) is 11.6 Å². The van der Waals surface area contributed by atoms with E-state index in [2.05, 4.69) is 30.9 Å². The minimum Gasteiger partial charge on any atom is -0.207 e. The van der Waals surface area contributed by atoms with Crippen molar-refractivity contribution in [3.05, 3.63) is 70.8 Å². The van der Waals surface area contributed by atoms with E-state index in [1.807, 2.05) is 12.1 Å². The minimum absolute atomic E-state index is 0.217. The smallest absolute Gasteiger partial charge is 0.141 e. The predicted octanol–water partition coefficient (Wildman–Crippen LogP) is 7.05. The van der Waals surface area contributed by atoms with Crippen LogP contribution in [0.3, 0.4) is 0 Å². The van der Waals surface area contributed by atoms with Gasteiger partial charge < -0.3 is 0 Å². The molecule has 0 N–H and O–H groups in total. The van der Waals surface area contributed by atoms with E-state index in [9.17, 15) is 8.78 Å². The maximum Gasteiger partial charge on any atom is 0.141 e. The second-order valence-electron chi connectivity index (χ2n) is 6.80. The van der Waals surface area contributed by atoms with Crippen molar-refractivity contribution in [1.29, 1.82) is 0 Å². The molecule has 2 aromatic carbocycles. The molecule has 0 atom stereocenters. The van der Waals surface area contributed by atoms with E-state index >= 15 is 0 Å². The lowest BCUT2D eigenvalue weighted by Gasteiger charge is -2.03. The van der Waals surface area contributed by atoms with E-state index in [-0.39, 0.29) is 5.56 Å². The van der Waals surface area contributed by atoms with Gasteiger partial charge in [-0.1, -0.05) is 75.8 Å². The lowest BCUT2D eigenvalue weighted by atomic mass is 10.0. The summed E-state index contributed by atoms with van der Waals surface area (Å²) in [6.45, 7) is 2.25. The minimum atomic E-state index is -0.621. The summed E-state index contributed by atoms with van der Waals surface area (Å²) >= 11 is 0. The van der Waals surface area contributed by atoms with Gasteiger partial charge in [-0.2, -0.15) is 0 Å². The van der Waals surface area contributed by atoms with Gasteiger partial charge in [0.05, 0.1) is 5.56 Å². The molecule has 0 nitrogen and oxygen atoms in total. The van der Waals surface area contributed by atoms with E-state index in [1.54, 1.807) is 0 Å². The number of hydrogen-bond acceptors (Lipinski definition) is 0. The van der Waals surface area contributed by atoms with Gasteiger partial charge in [-0.25, -0.2) is 8.78 Å². The molecule has 0 fully saturated rings. The molecule has 0 saturated heterocycles. The first-order chi connectivity index (χ1) is 12.7.